The van der Waals surface area contributed by atoms with Crippen LogP contribution < -0.4 is 5.43 Å². The number of hydrogen-bond donors (Lipinski definition) is 1. The number of aromatic nitrogens is 1. The fourth-order valence-electron chi connectivity index (χ4n) is 2.04. The van der Waals surface area contributed by atoms with Gasteiger partial charge in [0, 0.05) is 12.4 Å². The molecule has 1 aromatic carbocycles. The summed E-state index contributed by atoms with van der Waals surface area (Å²) in [6.45, 7) is 2.00. The summed E-state index contributed by atoms with van der Waals surface area (Å²) in [5.41, 5.74) is 4.92. The molecule has 1 fully saturated rings. The first-order chi connectivity index (χ1) is 11.5. The first-order valence-corrected chi connectivity index (χ1v) is 8.33. The first-order valence-electron chi connectivity index (χ1n) is 7.10. The second kappa shape index (κ2) is 6.94. The topological polar surface area (TPSA) is 62.3 Å². The highest BCUT2D eigenvalue weighted by molar-refractivity contribution is 8.26. The highest BCUT2D eigenvalue weighted by Gasteiger charge is 2.33. The highest BCUT2D eigenvalue weighted by Crippen LogP contribution is 2.31. The van der Waals surface area contributed by atoms with Crippen molar-refractivity contribution in [2.75, 3.05) is 0 Å². The molecule has 1 aromatic heterocycles. The molecule has 2 aromatic rings. The Balaban J connectivity index is 1.77. The van der Waals surface area contributed by atoms with Crippen molar-refractivity contribution >= 4 is 46.2 Å². The van der Waals surface area contributed by atoms with E-state index in [1.165, 1.54) is 6.20 Å². The van der Waals surface area contributed by atoms with Gasteiger partial charge in [-0.3, -0.25) is 20.0 Å². The second-order valence-electron chi connectivity index (χ2n) is 5.11. The van der Waals surface area contributed by atoms with Crippen molar-refractivity contribution in [2.45, 2.75) is 6.92 Å². The number of thioether (sulfide) groups is 1. The van der Waals surface area contributed by atoms with E-state index in [0.717, 1.165) is 27.9 Å². The summed E-state index contributed by atoms with van der Waals surface area (Å²) in [5, 5.41) is 1.09. The van der Waals surface area contributed by atoms with Gasteiger partial charge in [-0.15, -0.1) is 0 Å². The molecule has 0 aliphatic carbocycles. The third kappa shape index (κ3) is 3.52. The third-order valence-corrected chi connectivity index (χ3v) is 4.61. The molecule has 2 heterocycles. The van der Waals surface area contributed by atoms with Crippen LogP contribution in [0, 0.1) is 6.92 Å². The summed E-state index contributed by atoms with van der Waals surface area (Å²) in [5.74, 6) is -0.779. The van der Waals surface area contributed by atoms with Crippen LogP contribution >= 0.6 is 24.0 Å². The Kier molecular flexibility index (Phi) is 4.73. The van der Waals surface area contributed by atoms with Crippen LogP contribution in [0.1, 0.15) is 21.5 Å². The van der Waals surface area contributed by atoms with Gasteiger partial charge in [-0.05, 0) is 42.9 Å². The highest BCUT2D eigenvalue weighted by atomic mass is 32.2. The van der Waals surface area contributed by atoms with Gasteiger partial charge >= 0.3 is 0 Å². The second-order valence-corrected chi connectivity index (χ2v) is 6.79. The quantitative estimate of drug-likeness (QED) is 0.677. The van der Waals surface area contributed by atoms with Gasteiger partial charge in [0.05, 0.1) is 10.5 Å². The monoisotopic (exact) mass is 355 g/mol. The van der Waals surface area contributed by atoms with E-state index in [1.807, 2.05) is 31.2 Å². The van der Waals surface area contributed by atoms with E-state index >= 15 is 0 Å². The molecular formula is C17H13N3O2S2. The lowest BCUT2D eigenvalue weighted by molar-refractivity contribution is -0.123. The van der Waals surface area contributed by atoms with E-state index in [0.29, 0.717) is 10.5 Å². The molecule has 1 aliphatic rings. The zero-order valence-electron chi connectivity index (χ0n) is 12.7. The summed E-state index contributed by atoms with van der Waals surface area (Å²) in [4.78, 5) is 29.0. The lowest BCUT2D eigenvalue weighted by atomic mass is 10.1. The zero-order chi connectivity index (χ0) is 17.1. The van der Waals surface area contributed by atoms with Gasteiger partial charge in [-0.2, -0.15) is 5.01 Å². The van der Waals surface area contributed by atoms with Crippen molar-refractivity contribution < 1.29 is 9.59 Å². The first kappa shape index (κ1) is 16.4. The molecule has 1 N–H and O–H groups in total. The fourth-order valence-corrected chi connectivity index (χ4v) is 3.22. The van der Waals surface area contributed by atoms with Crippen molar-refractivity contribution in [1.82, 2.24) is 15.4 Å². The Morgan fingerprint density at radius 2 is 2.04 bits per heavy atom. The van der Waals surface area contributed by atoms with Gasteiger partial charge < -0.3 is 0 Å². The van der Waals surface area contributed by atoms with Gasteiger partial charge in [-0.25, -0.2) is 0 Å². The lowest BCUT2D eigenvalue weighted by Crippen LogP contribution is -2.44. The molecule has 5 nitrogen and oxygen atoms in total. The number of rotatable bonds is 3. The third-order valence-electron chi connectivity index (χ3n) is 3.31. The molecular weight excluding hydrogens is 342 g/mol. The Morgan fingerprint density at radius 3 is 2.71 bits per heavy atom. The summed E-state index contributed by atoms with van der Waals surface area (Å²) >= 11 is 6.35. The Bertz CT molecular complexity index is 833. The largest absolute Gasteiger partial charge is 0.285 e. The normalized spacial score (nSPS) is 15.9. The lowest BCUT2D eigenvalue weighted by Gasteiger charge is -2.15. The van der Waals surface area contributed by atoms with Gasteiger partial charge in [0.1, 0.15) is 0 Å². The molecule has 7 heteroatoms. The maximum atomic E-state index is 12.5. The van der Waals surface area contributed by atoms with Crippen LogP contribution in [0.15, 0.2) is 53.7 Å². The number of pyridine rings is 1. The van der Waals surface area contributed by atoms with Gasteiger partial charge in [-0.1, -0.05) is 41.6 Å². The van der Waals surface area contributed by atoms with E-state index < -0.39 is 5.91 Å². The number of carbonyl (C=O) groups excluding carboxylic acids is 2. The number of nitrogens with one attached hydrogen (secondary N) is 1. The SMILES string of the molecule is Cc1ccc(C=C2SC(=S)N(NC(=O)c3cccnc3)C2=O)cc1. The number of aryl methyl sites for hydroxylation is 1. The van der Waals surface area contributed by atoms with Crippen LogP contribution in [-0.2, 0) is 4.79 Å². The molecule has 0 bridgehead atoms. The van der Waals surface area contributed by atoms with Crippen LogP contribution in [0.4, 0.5) is 0 Å². The zero-order valence-corrected chi connectivity index (χ0v) is 14.4. The van der Waals surface area contributed by atoms with Crippen LogP contribution in [-0.4, -0.2) is 26.1 Å². The Labute approximate surface area is 148 Å². The van der Waals surface area contributed by atoms with E-state index in [-0.39, 0.29) is 10.2 Å². The van der Waals surface area contributed by atoms with Gasteiger partial charge in [0.2, 0.25) is 0 Å². The molecule has 0 atom stereocenters. The maximum Gasteiger partial charge on any atom is 0.285 e. The van der Waals surface area contributed by atoms with Crippen LogP contribution in [0.25, 0.3) is 6.08 Å². The van der Waals surface area contributed by atoms with E-state index in [9.17, 15) is 9.59 Å². The number of hydrogen-bond acceptors (Lipinski definition) is 5. The number of hydrazine groups is 1. The molecule has 0 saturated carbocycles. The predicted octanol–water partition coefficient (Wildman–Crippen LogP) is 2.94. The van der Waals surface area contributed by atoms with Crippen LogP contribution in [0.3, 0.4) is 0 Å². The standard InChI is InChI=1S/C17H13N3O2S2/c1-11-4-6-12(7-5-11)9-14-16(22)20(17(23)24-14)19-15(21)13-3-2-8-18-10-13/h2-10H,1H3,(H,19,21). The molecule has 1 saturated heterocycles. The smallest absolute Gasteiger partial charge is 0.267 e. The van der Waals surface area contributed by atoms with E-state index in [4.69, 9.17) is 12.2 Å². The van der Waals surface area contributed by atoms with Crippen LogP contribution in [0.5, 0.6) is 0 Å². The number of benzene rings is 1. The van der Waals surface area contributed by atoms with E-state index in [2.05, 4.69) is 10.4 Å². The molecule has 120 valence electrons. The van der Waals surface area contributed by atoms with Crippen molar-refractivity contribution in [3.8, 4) is 0 Å². The summed E-state index contributed by atoms with van der Waals surface area (Å²) < 4.78 is 0.288. The number of amides is 2. The average molecular weight is 355 g/mol. The summed E-state index contributed by atoms with van der Waals surface area (Å²) in [6.07, 6.45) is 4.75. The Morgan fingerprint density at radius 1 is 1.29 bits per heavy atom. The Hall–Kier alpha value is -2.51. The molecule has 24 heavy (non-hydrogen) atoms. The molecule has 0 unspecified atom stereocenters. The molecule has 1 aliphatic heterocycles. The number of nitrogens with zero attached hydrogens (tertiary/aromatic N) is 2. The van der Waals surface area contributed by atoms with Crippen molar-refractivity contribution in [2.24, 2.45) is 0 Å². The minimum atomic E-state index is -0.434. The van der Waals surface area contributed by atoms with Crippen molar-refractivity contribution in [3.63, 3.8) is 0 Å². The van der Waals surface area contributed by atoms with Crippen molar-refractivity contribution in [3.05, 3.63) is 70.4 Å². The number of carbonyl (C=O) groups is 2. The molecule has 0 spiro atoms. The minimum Gasteiger partial charge on any atom is -0.267 e. The van der Waals surface area contributed by atoms with E-state index in [1.54, 1.807) is 24.4 Å². The molecule has 3 rings (SSSR count). The van der Waals surface area contributed by atoms with Crippen LogP contribution in [0.2, 0.25) is 0 Å². The number of thiocarbonyl (C=S) groups is 1. The average Bonchev–Trinajstić information content (AvgIpc) is 2.85. The molecule has 0 radical (unpaired) electrons. The predicted molar refractivity (Wildman–Crippen MR) is 97.9 cm³/mol. The molecule has 2 amide bonds. The van der Waals surface area contributed by atoms with Gasteiger partial charge in [0.25, 0.3) is 11.8 Å². The van der Waals surface area contributed by atoms with Gasteiger partial charge in [0.15, 0.2) is 4.32 Å². The maximum absolute atomic E-state index is 12.5. The minimum absolute atomic E-state index is 0.288. The fraction of sp³-hybridized carbons (Fsp3) is 0.0588. The summed E-state index contributed by atoms with van der Waals surface area (Å²) in [7, 11) is 0. The van der Waals surface area contributed by atoms with Crippen molar-refractivity contribution in [1.29, 1.82) is 0 Å². The summed E-state index contributed by atoms with van der Waals surface area (Å²) in [6, 6.07) is 11.1.